The Hall–Kier alpha value is -2.60. The van der Waals surface area contributed by atoms with Crippen molar-refractivity contribution in [2.75, 3.05) is 10.2 Å². The van der Waals surface area contributed by atoms with E-state index in [9.17, 15) is 14.4 Å². The van der Waals surface area contributed by atoms with Crippen LogP contribution in [0.3, 0.4) is 0 Å². The first kappa shape index (κ1) is 22.6. The van der Waals surface area contributed by atoms with E-state index in [-0.39, 0.29) is 30.1 Å². The summed E-state index contributed by atoms with van der Waals surface area (Å²) in [6, 6.07) is 15.2. The van der Waals surface area contributed by atoms with Gasteiger partial charge in [0.15, 0.2) is 0 Å². The summed E-state index contributed by atoms with van der Waals surface area (Å²) < 4.78 is 0. The summed E-state index contributed by atoms with van der Waals surface area (Å²) in [7, 11) is 0. The molecule has 2 aromatic carbocycles. The molecule has 1 saturated heterocycles. The van der Waals surface area contributed by atoms with E-state index in [1.54, 1.807) is 0 Å². The molecule has 4 rings (SSSR count). The number of imide groups is 1. The van der Waals surface area contributed by atoms with Gasteiger partial charge in [0.2, 0.25) is 17.7 Å². The van der Waals surface area contributed by atoms with Crippen LogP contribution in [0.25, 0.3) is 0 Å². The highest BCUT2D eigenvalue weighted by Crippen LogP contribution is 2.35. The highest BCUT2D eigenvalue weighted by Gasteiger charge is 2.40. The van der Waals surface area contributed by atoms with Crippen molar-refractivity contribution in [3.05, 3.63) is 54.1 Å². The van der Waals surface area contributed by atoms with Gasteiger partial charge in [0, 0.05) is 22.9 Å². The highest BCUT2D eigenvalue weighted by molar-refractivity contribution is 8.00. The van der Waals surface area contributed by atoms with Crippen LogP contribution in [0.2, 0.25) is 0 Å². The van der Waals surface area contributed by atoms with Crippen molar-refractivity contribution in [2.24, 2.45) is 5.92 Å². The third-order valence-corrected chi connectivity index (χ3v) is 7.50. The molecular weight excluding hydrogens is 420 g/mol. The quantitative estimate of drug-likeness (QED) is 0.569. The SMILES string of the molecule is CC(C)c1ccc(N2C(=O)CC(Sc3ccc(NC(=O)C4CCCCC4)cc3)C2=O)cc1. The first-order chi connectivity index (χ1) is 15.4. The predicted molar refractivity (Wildman–Crippen MR) is 129 cm³/mol. The molecule has 2 aliphatic rings. The summed E-state index contributed by atoms with van der Waals surface area (Å²) in [6.45, 7) is 4.22. The van der Waals surface area contributed by atoms with Gasteiger partial charge in [0.05, 0.1) is 10.9 Å². The predicted octanol–water partition coefficient (Wildman–Crippen LogP) is 5.75. The second kappa shape index (κ2) is 9.90. The smallest absolute Gasteiger partial charge is 0.247 e. The minimum atomic E-state index is -0.435. The molecule has 1 atom stereocenters. The number of carbonyl (C=O) groups excluding carboxylic acids is 3. The Morgan fingerprint density at radius 2 is 1.62 bits per heavy atom. The third kappa shape index (κ3) is 5.07. The number of carbonyl (C=O) groups is 3. The maximum atomic E-state index is 13.0. The van der Waals surface area contributed by atoms with Crippen LogP contribution in [0.4, 0.5) is 11.4 Å². The van der Waals surface area contributed by atoms with Crippen molar-refractivity contribution < 1.29 is 14.4 Å². The van der Waals surface area contributed by atoms with E-state index < -0.39 is 5.25 Å². The fraction of sp³-hybridized carbons (Fsp3) is 0.423. The lowest BCUT2D eigenvalue weighted by Gasteiger charge is -2.20. The summed E-state index contributed by atoms with van der Waals surface area (Å²) in [5, 5.41) is 2.58. The Morgan fingerprint density at radius 3 is 2.25 bits per heavy atom. The summed E-state index contributed by atoms with van der Waals surface area (Å²) >= 11 is 1.40. The van der Waals surface area contributed by atoms with Gasteiger partial charge in [-0.1, -0.05) is 45.2 Å². The van der Waals surface area contributed by atoms with Gasteiger partial charge < -0.3 is 5.32 Å². The second-order valence-corrected chi connectivity index (χ2v) is 10.2. The van der Waals surface area contributed by atoms with Crippen LogP contribution < -0.4 is 10.2 Å². The molecule has 6 heteroatoms. The number of anilines is 2. The number of amides is 3. The van der Waals surface area contributed by atoms with Crippen LogP contribution in [0.1, 0.15) is 63.9 Å². The molecule has 168 valence electrons. The van der Waals surface area contributed by atoms with Gasteiger partial charge in [0.1, 0.15) is 0 Å². The molecule has 1 heterocycles. The van der Waals surface area contributed by atoms with Gasteiger partial charge in [-0.2, -0.15) is 0 Å². The summed E-state index contributed by atoms with van der Waals surface area (Å²) in [5.74, 6) is 0.266. The second-order valence-electron chi connectivity index (χ2n) is 8.97. The van der Waals surface area contributed by atoms with Gasteiger partial charge in [0.25, 0.3) is 0 Å². The van der Waals surface area contributed by atoms with Gasteiger partial charge in [-0.3, -0.25) is 14.4 Å². The molecule has 32 heavy (non-hydrogen) atoms. The molecular formula is C26H30N2O3S. The fourth-order valence-electron chi connectivity index (χ4n) is 4.37. The lowest BCUT2D eigenvalue weighted by Crippen LogP contribution is -2.31. The van der Waals surface area contributed by atoms with Crippen molar-refractivity contribution in [1.29, 1.82) is 0 Å². The molecule has 0 aromatic heterocycles. The largest absolute Gasteiger partial charge is 0.326 e. The fourth-order valence-corrected chi connectivity index (χ4v) is 5.42. The molecule has 0 radical (unpaired) electrons. The zero-order chi connectivity index (χ0) is 22.7. The standard InChI is InChI=1S/C26H30N2O3S/c1-17(2)18-8-12-21(13-9-18)28-24(29)16-23(26(28)31)32-22-14-10-20(11-15-22)27-25(30)19-6-4-3-5-7-19/h8-15,17,19,23H,3-7,16H2,1-2H3,(H,27,30). The van der Waals surface area contributed by atoms with E-state index in [0.29, 0.717) is 11.6 Å². The van der Waals surface area contributed by atoms with Crippen LogP contribution >= 0.6 is 11.8 Å². The molecule has 3 amide bonds. The molecule has 0 bridgehead atoms. The summed E-state index contributed by atoms with van der Waals surface area (Å²) in [4.78, 5) is 40.2. The Morgan fingerprint density at radius 1 is 0.969 bits per heavy atom. The average molecular weight is 451 g/mol. The van der Waals surface area contributed by atoms with Crippen LogP contribution in [0.15, 0.2) is 53.4 Å². The van der Waals surface area contributed by atoms with Crippen molar-refractivity contribution in [2.45, 2.75) is 68.4 Å². The Labute approximate surface area is 194 Å². The summed E-state index contributed by atoms with van der Waals surface area (Å²) in [5.41, 5.74) is 2.58. The third-order valence-electron chi connectivity index (χ3n) is 6.30. The van der Waals surface area contributed by atoms with Gasteiger partial charge in [-0.25, -0.2) is 4.90 Å². The molecule has 1 N–H and O–H groups in total. The maximum absolute atomic E-state index is 13.0. The first-order valence-electron chi connectivity index (χ1n) is 11.5. The maximum Gasteiger partial charge on any atom is 0.247 e. The van der Waals surface area contributed by atoms with Crippen molar-refractivity contribution in [1.82, 2.24) is 0 Å². The molecule has 1 unspecified atom stereocenters. The van der Waals surface area contributed by atoms with Crippen LogP contribution in [0, 0.1) is 5.92 Å². The van der Waals surface area contributed by atoms with E-state index in [4.69, 9.17) is 0 Å². The Kier molecular flexibility index (Phi) is 6.99. The van der Waals surface area contributed by atoms with Crippen LogP contribution in [-0.4, -0.2) is 23.0 Å². The van der Waals surface area contributed by atoms with E-state index >= 15 is 0 Å². The van der Waals surface area contributed by atoms with Gasteiger partial charge in [-0.15, -0.1) is 11.8 Å². The lowest BCUT2D eigenvalue weighted by molar-refractivity contribution is -0.122. The highest BCUT2D eigenvalue weighted by atomic mass is 32.2. The van der Waals surface area contributed by atoms with E-state index in [1.165, 1.54) is 28.6 Å². The Bertz CT molecular complexity index is 979. The number of thioether (sulfide) groups is 1. The van der Waals surface area contributed by atoms with E-state index in [0.717, 1.165) is 36.3 Å². The van der Waals surface area contributed by atoms with Crippen LogP contribution in [-0.2, 0) is 14.4 Å². The van der Waals surface area contributed by atoms with Crippen molar-refractivity contribution >= 4 is 40.9 Å². The van der Waals surface area contributed by atoms with E-state index in [1.807, 2.05) is 48.5 Å². The molecule has 1 aliphatic carbocycles. The minimum Gasteiger partial charge on any atom is -0.326 e. The molecule has 0 spiro atoms. The normalized spacial score (nSPS) is 19.6. The molecule has 1 aliphatic heterocycles. The van der Waals surface area contributed by atoms with E-state index in [2.05, 4.69) is 19.2 Å². The minimum absolute atomic E-state index is 0.0980. The summed E-state index contributed by atoms with van der Waals surface area (Å²) in [6.07, 6.45) is 5.60. The number of hydrogen-bond donors (Lipinski definition) is 1. The zero-order valence-electron chi connectivity index (χ0n) is 18.7. The molecule has 2 aromatic rings. The monoisotopic (exact) mass is 450 g/mol. The van der Waals surface area contributed by atoms with Crippen molar-refractivity contribution in [3.8, 4) is 0 Å². The zero-order valence-corrected chi connectivity index (χ0v) is 19.5. The number of hydrogen-bond acceptors (Lipinski definition) is 4. The van der Waals surface area contributed by atoms with Crippen molar-refractivity contribution in [3.63, 3.8) is 0 Å². The molecule has 2 fully saturated rings. The van der Waals surface area contributed by atoms with Gasteiger partial charge >= 0.3 is 0 Å². The first-order valence-corrected chi connectivity index (χ1v) is 12.3. The topological polar surface area (TPSA) is 66.5 Å². The van der Waals surface area contributed by atoms with Crippen LogP contribution in [0.5, 0.6) is 0 Å². The number of benzene rings is 2. The average Bonchev–Trinajstić information content (AvgIpc) is 3.08. The lowest BCUT2D eigenvalue weighted by atomic mass is 9.88. The molecule has 5 nitrogen and oxygen atoms in total. The number of nitrogens with one attached hydrogen (secondary N) is 1. The number of nitrogens with zero attached hydrogens (tertiary/aromatic N) is 1. The van der Waals surface area contributed by atoms with Gasteiger partial charge in [-0.05, 0) is 60.7 Å². The number of rotatable bonds is 6. The Balaban J connectivity index is 1.37. The molecule has 1 saturated carbocycles.